The fourth-order valence-corrected chi connectivity index (χ4v) is 2.38. The Morgan fingerprint density at radius 3 is 2.56 bits per heavy atom. The molecule has 0 spiro atoms. The number of halogens is 1. The number of aromatic nitrogens is 2. The van der Waals surface area contributed by atoms with Crippen LogP contribution in [0.3, 0.4) is 0 Å². The zero-order chi connectivity index (χ0) is 19.8. The monoisotopic (exact) mass is 375 g/mol. The summed E-state index contributed by atoms with van der Waals surface area (Å²) in [6.07, 6.45) is 2.35. The van der Waals surface area contributed by atoms with E-state index in [0.29, 0.717) is 24.1 Å². The molecule has 2 rings (SSSR count). The van der Waals surface area contributed by atoms with Crippen molar-refractivity contribution >= 4 is 23.5 Å². The Balaban J connectivity index is 2.35. The molecular formula is C19H26FN5O2. The van der Waals surface area contributed by atoms with Crippen LogP contribution in [0.2, 0.25) is 0 Å². The number of hydrogen-bond acceptors (Lipinski definition) is 5. The number of benzene rings is 1. The number of anilines is 3. The summed E-state index contributed by atoms with van der Waals surface area (Å²) in [5, 5.41) is 6.04. The van der Waals surface area contributed by atoms with Gasteiger partial charge in [0.2, 0.25) is 5.95 Å². The van der Waals surface area contributed by atoms with Crippen LogP contribution in [-0.4, -0.2) is 41.8 Å². The SMILES string of the molecule is CCC(C)NC(=O)N(c1ccc(F)cc1)c1ccnc(N[C@@H](C)COC)n1. The van der Waals surface area contributed by atoms with Crippen LogP contribution in [0.1, 0.15) is 27.2 Å². The number of rotatable bonds is 8. The van der Waals surface area contributed by atoms with Crippen molar-refractivity contribution in [3.05, 3.63) is 42.3 Å². The van der Waals surface area contributed by atoms with Crippen molar-refractivity contribution in [2.75, 3.05) is 23.9 Å². The van der Waals surface area contributed by atoms with Crippen molar-refractivity contribution in [2.24, 2.45) is 0 Å². The van der Waals surface area contributed by atoms with E-state index in [1.165, 1.54) is 29.2 Å². The van der Waals surface area contributed by atoms with Crippen LogP contribution in [0, 0.1) is 5.82 Å². The highest BCUT2D eigenvalue weighted by Crippen LogP contribution is 2.25. The molecule has 2 N–H and O–H groups in total. The summed E-state index contributed by atoms with van der Waals surface area (Å²) in [6, 6.07) is 6.96. The summed E-state index contributed by atoms with van der Waals surface area (Å²) in [7, 11) is 1.62. The molecule has 0 aliphatic carbocycles. The van der Waals surface area contributed by atoms with Crippen molar-refractivity contribution in [2.45, 2.75) is 39.3 Å². The van der Waals surface area contributed by atoms with Gasteiger partial charge in [-0.1, -0.05) is 6.92 Å². The quantitative estimate of drug-likeness (QED) is 0.735. The molecule has 0 fully saturated rings. The van der Waals surface area contributed by atoms with Gasteiger partial charge in [0.05, 0.1) is 12.3 Å². The Morgan fingerprint density at radius 2 is 1.93 bits per heavy atom. The van der Waals surface area contributed by atoms with E-state index in [2.05, 4.69) is 20.6 Å². The molecule has 0 saturated carbocycles. The molecule has 1 aromatic heterocycles. The van der Waals surface area contributed by atoms with Gasteiger partial charge in [0, 0.05) is 31.5 Å². The third-order valence-corrected chi connectivity index (χ3v) is 3.93. The first-order chi connectivity index (χ1) is 12.9. The molecule has 7 nitrogen and oxygen atoms in total. The summed E-state index contributed by atoms with van der Waals surface area (Å²) >= 11 is 0. The van der Waals surface area contributed by atoms with Gasteiger partial charge in [0.15, 0.2) is 0 Å². The normalized spacial score (nSPS) is 12.9. The minimum atomic E-state index is -0.375. The van der Waals surface area contributed by atoms with Crippen molar-refractivity contribution in [1.82, 2.24) is 15.3 Å². The number of nitrogens with zero attached hydrogens (tertiary/aromatic N) is 3. The number of carbonyl (C=O) groups is 1. The Hall–Kier alpha value is -2.74. The van der Waals surface area contributed by atoms with E-state index in [4.69, 9.17) is 4.74 Å². The second kappa shape index (κ2) is 9.82. The molecule has 1 aromatic carbocycles. The van der Waals surface area contributed by atoms with Gasteiger partial charge in [-0.3, -0.25) is 0 Å². The molecule has 2 atom stereocenters. The standard InChI is InChI=1S/C19H26FN5O2/c1-5-13(2)23-19(26)25(16-8-6-15(20)7-9-16)17-10-11-21-18(24-17)22-14(3)12-27-4/h6-11,13-14H,5,12H2,1-4H3,(H,23,26)(H,21,22,24)/t13?,14-/m0/s1. The molecule has 146 valence electrons. The van der Waals surface area contributed by atoms with E-state index in [1.54, 1.807) is 19.4 Å². The molecule has 0 saturated heterocycles. The number of ether oxygens (including phenoxy) is 1. The van der Waals surface area contributed by atoms with Gasteiger partial charge in [0.1, 0.15) is 11.6 Å². The molecular weight excluding hydrogens is 349 g/mol. The Bertz CT molecular complexity index is 741. The van der Waals surface area contributed by atoms with Crippen LogP contribution in [0.4, 0.5) is 26.6 Å². The Morgan fingerprint density at radius 1 is 1.22 bits per heavy atom. The minimum absolute atomic E-state index is 0.00142. The lowest BCUT2D eigenvalue weighted by Gasteiger charge is -2.24. The van der Waals surface area contributed by atoms with E-state index in [9.17, 15) is 9.18 Å². The van der Waals surface area contributed by atoms with E-state index in [-0.39, 0.29) is 23.9 Å². The van der Waals surface area contributed by atoms with E-state index < -0.39 is 0 Å². The minimum Gasteiger partial charge on any atom is -0.383 e. The highest BCUT2D eigenvalue weighted by atomic mass is 19.1. The average molecular weight is 375 g/mol. The second-order valence-corrected chi connectivity index (χ2v) is 6.31. The summed E-state index contributed by atoms with van der Waals surface area (Å²) in [5.41, 5.74) is 0.506. The molecule has 2 aromatic rings. The predicted molar refractivity (Wildman–Crippen MR) is 104 cm³/mol. The number of methoxy groups -OCH3 is 1. The van der Waals surface area contributed by atoms with Gasteiger partial charge in [-0.2, -0.15) is 4.98 Å². The van der Waals surface area contributed by atoms with E-state index in [1.807, 2.05) is 20.8 Å². The molecule has 0 radical (unpaired) electrons. The molecule has 1 unspecified atom stereocenters. The zero-order valence-electron chi connectivity index (χ0n) is 16.1. The van der Waals surface area contributed by atoms with Crippen LogP contribution in [0.25, 0.3) is 0 Å². The second-order valence-electron chi connectivity index (χ2n) is 6.31. The number of hydrogen-bond donors (Lipinski definition) is 2. The molecule has 0 aliphatic heterocycles. The first-order valence-electron chi connectivity index (χ1n) is 8.89. The van der Waals surface area contributed by atoms with Gasteiger partial charge in [0.25, 0.3) is 0 Å². The van der Waals surface area contributed by atoms with Crippen molar-refractivity contribution in [1.29, 1.82) is 0 Å². The highest BCUT2D eigenvalue weighted by molar-refractivity contribution is 5.98. The predicted octanol–water partition coefficient (Wildman–Crippen LogP) is 3.71. The Kier molecular flexibility index (Phi) is 7.48. The number of nitrogens with one attached hydrogen (secondary N) is 2. The van der Waals surface area contributed by atoms with Crippen LogP contribution in [0.5, 0.6) is 0 Å². The lowest BCUT2D eigenvalue weighted by molar-refractivity contribution is 0.190. The maximum absolute atomic E-state index is 13.3. The summed E-state index contributed by atoms with van der Waals surface area (Å²) < 4.78 is 18.4. The van der Waals surface area contributed by atoms with Crippen LogP contribution >= 0.6 is 0 Å². The molecule has 1 heterocycles. The Labute approximate surface area is 159 Å². The molecule has 0 bridgehead atoms. The summed E-state index contributed by atoms with van der Waals surface area (Å²) in [4.78, 5) is 22.9. The first-order valence-corrected chi connectivity index (χ1v) is 8.89. The number of amides is 2. The topological polar surface area (TPSA) is 79.4 Å². The van der Waals surface area contributed by atoms with Crippen LogP contribution in [-0.2, 0) is 4.74 Å². The maximum atomic E-state index is 13.3. The highest BCUT2D eigenvalue weighted by Gasteiger charge is 2.21. The van der Waals surface area contributed by atoms with Gasteiger partial charge >= 0.3 is 6.03 Å². The third-order valence-electron chi connectivity index (χ3n) is 3.93. The number of carbonyl (C=O) groups excluding carboxylic acids is 1. The van der Waals surface area contributed by atoms with Gasteiger partial charge in [-0.15, -0.1) is 0 Å². The van der Waals surface area contributed by atoms with E-state index >= 15 is 0 Å². The van der Waals surface area contributed by atoms with Crippen molar-refractivity contribution in [3.8, 4) is 0 Å². The van der Waals surface area contributed by atoms with Gasteiger partial charge in [-0.25, -0.2) is 19.1 Å². The van der Waals surface area contributed by atoms with Crippen LogP contribution in [0.15, 0.2) is 36.5 Å². The third kappa shape index (κ3) is 5.89. The number of urea groups is 1. The molecule has 0 aliphatic rings. The lowest BCUT2D eigenvalue weighted by atomic mass is 10.2. The van der Waals surface area contributed by atoms with Crippen molar-refractivity contribution < 1.29 is 13.9 Å². The first kappa shape index (κ1) is 20.6. The maximum Gasteiger partial charge on any atom is 0.327 e. The fraction of sp³-hybridized carbons (Fsp3) is 0.421. The average Bonchev–Trinajstić information content (AvgIpc) is 2.64. The zero-order valence-corrected chi connectivity index (χ0v) is 16.1. The van der Waals surface area contributed by atoms with Crippen LogP contribution < -0.4 is 15.5 Å². The lowest BCUT2D eigenvalue weighted by Crippen LogP contribution is -2.41. The van der Waals surface area contributed by atoms with Gasteiger partial charge < -0.3 is 15.4 Å². The largest absolute Gasteiger partial charge is 0.383 e. The molecule has 2 amide bonds. The molecule has 27 heavy (non-hydrogen) atoms. The van der Waals surface area contributed by atoms with Gasteiger partial charge in [-0.05, 0) is 44.5 Å². The summed E-state index contributed by atoms with van der Waals surface area (Å²) in [6.45, 7) is 6.33. The smallest absolute Gasteiger partial charge is 0.327 e. The fourth-order valence-electron chi connectivity index (χ4n) is 2.38. The van der Waals surface area contributed by atoms with Crippen molar-refractivity contribution in [3.63, 3.8) is 0 Å². The van der Waals surface area contributed by atoms with E-state index in [0.717, 1.165) is 6.42 Å². The summed E-state index contributed by atoms with van der Waals surface area (Å²) in [5.74, 6) is 0.379. The molecule has 8 heteroatoms.